The summed E-state index contributed by atoms with van der Waals surface area (Å²) in [6, 6.07) is 12.6. The molecule has 2 N–H and O–H groups in total. The number of para-hydroxylation sites is 1. The van der Waals surface area contributed by atoms with Crippen LogP contribution in [0.5, 0.6) is 0 Å². The monoisotopic (exact) mass is 360 g/mol. The molecule has 3 fully saturated rings. The minimum absolute atomic E-state index is 0.0300. The highest BCUT2D eigenvalue weighted by Crippen LogP contribution is 2.34. The number of fused-ring (bicyclic) bond motifs is 4. The molecule has 3 aromatic rings. The first kappa shape index (κ1) is 16.5. The smallest absolute Gasteiger partial charge is 0.253 e. The van der Waals surface area contributed by atoms with Crippen molar-refractivity contribution in [3.63, 3.8) is 0 Å². The van der Waals surface area contributed by atoms with E-state index in [1.807, 2.05) is 48.9 Å². The third-order valence-corrected chi connectivity index (χ3v) is 6.26. The number of nitrogens with one attached hydrogen (secondary N) is 2. The van der Waals surface area contributed by atoms with Crippen molar-refractivity contribution in [1.82, 2.24) is 20.2 Å². The van der Waals surface area contributed by atoms with Gasteiger partial charge in [0, 0.05) is 41.6 Å². The van der Waals surface area contributed by atoms with Crippen LogP contribution in [0.15, 0.2) is 55.0 Å². The molecule has 0 saturated carbocycles. The third-order valence-electron chi connectivity index (χ3n) is 6.26. The summed E-state index contributed by atoms with van der Waals surface area (Å²) in [4.78, 5) is 23.1. The quantitative estimate of drug-likeness (QED) is 0.752. The Balaban J connectivity index is 1.40. The van der Waals surface area contributed by atoms with Crippen molar-refractivity contribution >= 4 is 16.8 Å². The molecule has 0 aliphatic carbocycles. The van der Waals surface area contributed by atoms with Gasteiger partial charge in [-0.3, -0.25) is 14.7 Å². The fraction of sp³-hybridized carbons (Fsp3) is 0.364. The van der Waals surface area contributed by atoms with E-state index >= 15 is 0 Å². The number of H-pyrrole nitrogens is 1. The van der Waals surface area contributed by atoms with Crippen molar-refractivity contribution in [2.24, 2.45) is 5.92 Å². The van der Waals surface area contributed by atoms with Crippen LogP contribution in [0.25, 0.3) is 10.9 Å². The van der Waals surface area contributed by atoms with E-state index in [9.17, 15) is 4.79 Å². The van der Waals surface area contributed by atoms with Crippen LogP contribution in [-0.2, 0) is 6.42 Å². The lowest BCUT2D eigenvalue weighted by molar-refractivity contribution is 0.0136. The van der Waals surface area contributed by atoms with E-state index in [4.69, 9.17) is 0 Å². The molecule has 5 heterocycles. The minimum atomic E-state index is 0.0300. The van der Waals surface area contributed by atoms with Crippen LogP contribution in [0.2, 0.25) is 0 Å². The molecule has 27 heavy (non-hydrogen) atoms. The van der Waals surface area contributed by atoms with Gasteiger partial charge in [0.25, 0.3) is 5.91 Å². The van der Waals surface area contributed by atoms with Crippen molar-refractivity contribution in [3.05, 3.63) is 66.1 Å². The van der Waals surface area contributed by atoms with E-state index in [1.165, 1.54) is 18.4 Å². The van der Waals surface area contributed by atoms with Crippen molar-refractivity contribution in [2.45, 2.75) is 31.3 Å². The SMILES string of the molecule is O=C(NC1C2CCN(CC2)C1Cc1cccnc1)c1c[nH]c2ccccc12. The van der Waals surface area contributed by atoms with E-state index in [0.717, 1.165) is 36.0 Å². The Hall–Kier alpha value is -2.66. The van der Waals surface area contributed by atoms with Gasteiger partial charge < -0.3 is 10.3 Å². The lowest BCUT2D eigenvalue weighted by Crippen LogP contribution is -2.64. The number of carbonyl (C=O) groups is 1. The topological polar surface area (TPSA) is 61.0 Å². The van der Waals surface area contributed by atoms with Crippen LogP contribution in [0.4, 0.5) is 0 Å². The van der Waals surface area contributed by atoms with Gasteiger partial charge in [0.2, 0.25) is 0 Å². The molecule has 2 bridgehead atoms. The van der Waals surface area contributed by atoms with Gasteiger partial charge in [-0.2, -0.15) is 0 Å². The maximum absolute atomic E-state index is 13.1. The van der Waals surface area contributed by atoms with Gasteiger partial charge in [0.15, 0.2) is 0 Å². The average molecular weight is 360 g/mol. The molecule has 1 amide bonds. The molecule has 0 radical (unpaired) electrons. The molecule has 0 spiro atoms. The predicted octanol–water partition coefficient (Wildman–Crippen LogP) is 3.00. The maximum Gasteiger partial charge on any atom is 0.253 e. The fourth-order valence-corrected chi connectivity index (χ4v) is 4.87. The summed E-state index contributed by atoms with van der Waals surface area (Å²) in [6.07, 6.45) is 8.86. The molecule has 5 heteroatoms. The van der Waals surface area contributed by atoms with Gasteiger partial charge in [-0.1, -0.05) is 24.3 Å². The molecule has 2 unspecified atom stereocenters. The Labute approximate surface area is 158 Å². The Bertz CT molecular complexity index is 943. The van der Waals surface area contributed by atoms with Crippen molar-refractivity contribution in [1.29, 1.82) is 0 Å². The van der Waals surface area contributed by atoms with Crippen LogP contribution in [0.1, 0.15) is 28.8 Å². The second-order valence-electron chi connectivity index (χ2n) is 7.75. The third kappa shape index (κ3) is 3.02. The van der Waals surface area contributed by atoms with Crippen molar-refractivity contribution in [2.75, 3.05) is 13.1 Å². The summed E-state index contributed by atoms with van der Waals surface area (Å²) in [5.41, 5.74) is 2.98. The van der Waals surface area contributed by atoms with Gasteiger partial charge in [-0.25, -0.2) is 0 Å². The summed E-state index contributed by atoms with van der Waals surface area (Å²) < 4.78 is 0. The average Bonchev–Trinajstić information content (AvgIpc) is 3.15. The lowest BCUT2D eigenvalue weighted by atomic mass is 9.76. The molecule has 1 aromatic carbocycles. The van der Waals surface area contributed by atoms with Crippen LogP contribution in [0.3, 0.4) is 0 Å². The first-order valence-corrected chi connectivity index (χ1v) is 9.79. The standard InChI is InChI=1S/C22H24N4O/c27-22(18-14-24-19-6-2-1-5-17(18)19)25-21-16-7-10-26(11-8-16)20(21)12-15-4-3-9-23-13-15/h1-6,9,13-14,16,20-21,24H,7-8,10-12H2,(H,25,27). The van der Waals surface area contributed by atoms with Crippen LogP contribution >= 0.6 is 0 Å². The zero-order valence-corrected chi connectivity index (χ0v) is 15.3. The fourth-order valence-electron chi connectivity index (χ4n) is 4.87. The Morgan fingerprint density at radius 2 is 2.04 bits per heavy atom. The normalized spacial score (nSPS) is 27.0. The van der Waals surface area contributed by atoms with E-state index in [2.05, 4.69) is 26.3 Å². The van der Waals surface area contributed by atoms with E-state index in [0.29, 0.717) is 12.0 Å². The van der Waals surface area contributed by atoms with Gasteiger partial charge in [-0.05, 0) is 56.0 Å². The molecule has 3 saturated heterocycles. The van der Waals surface area contributed by atoms with E-state index in [1.54, 1.807) is 0 Å². The number of amides is 1. The maximum atomic E-state index is 13.1. The van der Waals surface area contributed by atoms with E-state index in [-0.39, 0.29) is 11.9 Å². The number of aromatic nitrogens is 2. The Morgan fingerprint density at radius 1 is 1.19 bits per heavy atom. The molecule has 3 aliphatic rings. The summed E-state index contributed by atoms with van der Waals surface area (Å²) in [6.45, 7) is 2.27. The zero-order valence-electron chi connectivity index (χ0n) is 15.3. The Kier molecular flexibility index (Phi) is 4.17. The van der Waals surface area contributed by atoms with Gasteiger partial charge in [0.1, 0.15) is 0 Å². The molecule has 2 atom stereocenters. The first-order valence-electron chi connectivity index (χ1n) is 9.79. The molecular formula is C22H24N4O. The molecule has 2 aromatic heterocycles. The van der Waals surface area contributed by atoms with Gasteiger partial charge in [0.05, 0.1) is 5.56 Å². The summed E-state index contributed by atoms with van der Waals surface area (Å²) in [7, 11) is 0. The Morgan fingerprint density at radius 3 is 2.85 bits per heavy atom. The number of benzene rings is 1. The largest absolute Gasteiger partial charge is 0.360 e. The molecule has 138 valence electrons. The second-order valence-corrected chi connectivity index (χ2v) is 7.75. The number of aromatic amines is 1. The predicted molar refractivity (Wildman–Crippen MR) is 106 cm³/mol. The summed E-state index contributed by atoms with van der Waals surface area (Å²) >= 11 is 0. The molecule has 6 rings (SSSR count). The summed E-state index contributed by atoms with van der Waals surface area (Å²) in [5, 5.41) is 4.38. The highest BCUT2D eigenvalue weighted by atomic mass is 16.1. The lowest BCUT2D eigenvalue weighted by Gasteiger charge is -2.51. The van der Waals surface area contributed by atoms with Crippen LogP contribution in [-0.4, -0.2) is 45.9 Å². The van der Waals surface area contributed by atoms with Gasteiger partial charge >= 0.3 is 0 Å². The number of piperidine rings is 3. The first-order chi connectivity index (χ1) is 13.3. The molecule has 3 aliphatic heterocycles. The van der Waals surface area contributed by atoms with Gasteiger partial charge in [-0.15, -0.1) is 0 Å². The number of pyridine rings is 1. The van der Waals surface area contributed by atoms with Crippen LogP contribution < -0.4 is 5.32 Å². The number of rotatable bonds is 4. The van der Waals surface area contributed by atoms with Crippen molar-refractivity contribution < 1.29 is 4.79 Å². The molecule has 5 nitrogen and oxygen atoms in total. The van der Waals surface area contributed by atoms with E-state index < -0.39 is 0 Å². The zero-order chi connectivity index (χ0) is 18.2. The highest BCUT2D eigenvalue weighted by molar-refractivity contribution is 6.06. The number of hydrogen-bond acceptors (Lipinski definition) is 3. The second kappa shape index (κ2) is 6.82. The molecular weight excluding hydrogens is 336 g/mol. The minimum Gasteiger partial charge on any atom is -0.360 e. The van der Waals surface area contributed by atoms with Crippen LogP contribution in [0, 0.1) is 5.92 Å². The number of hydrogen-bond donors (Lipinski definition) is 2. The summed E-state index contributed by atoms with van der Waals surface area (Å²) in [5.74, 6) is 0.591. The number of nitrogens with zero attached hydrogens (tertiary/aromatic N) is 2. The highest BCUT2D eigenvalue weighted by Gasteiger charge is 2.42. The number of carbonyl (C=O) groups excluding carboxylic acids is 1. The van der Waals surface area contributed by atoms with Crippen molar-refractivity contribution in [3.8, 4) is 0 Å².